The number of fused-ring (bicyclic) bond motifs is 1. The molecule has 5 rings (SSSR count). The van der Waals surface area contributed by atoms with E-state index in [4.69, 9.17) is 16.3 Å². The molecule has 0 bridgehead atoms. The van der Waals surface area contributed by atoms with Gasteiger partial charge < -0.3 is 20.7 Å². The van der Waals surface area contributed by atoms with Gasteiger partial charge in [-0.2, -0.15) is 13.2 Å². The second-order valence-electron chi connectivity index (χ2n) is 8.56. The summed E-state index contributed by atoms with van der Waals surface area (Å²) in [4.78, 5) is 37.5. The normalized spacial score (nSPS) is 18.5. The van der Waals surface area contributed by atoms with E-state index in [1.165, 1.54) is 18.2 Å². The molecule has 2 aliphatic heterocycles. The summed E-state index contributed by atoms with van der Waals surface area (Å²) in [5.74, 6) is -3.67. The van der Waals surface area contributed by atoms with Gasteiger partial charge in [0.1, 0.15) is 17.7 Å². The van der Waals surface area contributed by atoms with Gasteiger partial charge in [-0.3, -0.25) is 9.59 Å². The molecular formula is C25H15ClF5N3O4. The van der Waals surface area contributed by atoms with Gasteiger partial charge in [-0.15, -0.1) is 0 Å². The number of ether oxygens (including phenoxy) is 1. The Morgan fingerprint density at radius 3 is 2.47 bits per heavy atom. The fourth-order valence-electron chi connectivity index (χ4n) is 4.37. The van der Waals surface area contributed by atoms with Gasteiger partial charge in [-0.25, -0.2) is 13.6 Å². The smallest absolute Gasteiger partial charge is 0.416 e. The van der Waals surface area contributed by atoms with Crippen molar-refractivity contribution < 1.29 is 41.1 Å². The summed E-state index contributed by atoms with van der Waals surface area (Å²) < 4.78 is 72.8. The number of amides is 3. The molecule has 0 spiro atoms. The van der Waals surface area contributed by atoms with Crippen LogP contribution in [0.1, 0.15) is 55.1 Å². The predicted octanol–water partition coefficient (Wildman–Crippen LogP) is 5.50. The van der Waals surface area contributed by atoms with Crippen molar-refractivity contribution in [2.24, 2.45) is 0 Å². The molecule has 2 aliphatic rings. The number of alkyl carbamates (subject to hydrolysis) is 1. The highest BCUT2D eigenvalue weighted by atomic mass is 35.5. The molecule has 0 saturated carbocycles. The van der Waals surface area contributed by atoms with Crippen LogP contribution in [0.3, 0.4) is 0 Å². The highest BCUT2D eigenvalue weighted by Crippen LogP contribution is 2.41. The Balaban J connectivity index is 1.62. The minimum atomic E-state index is -4.91. The summed E-state index contributed by atoms with van der Waals surface area (Å²) in [5.41, 5.74) is -1.46. The quantitative estimate of drug-likeness (QED) is 0.373. The molecule has 3 N–H and O–H groups in total. The highest BCUT2D eigenvalue weighted by molar-refractivity contribution is 6.31. The fraction of sp³-hybridized carbons (Fsp3) is 0.160. The lowest BCUT2D eigenvalue weighted by Crippen LogP contribution is -2.21. The Labute approximate surface area is 215 Å². The molecular weight excluding hydrogens is 537 g/mol. The molecule has 1 fully saturated rings. The zero-order valence-corrected chi connectivity index (χ0v) is 19.6. The van der Waals surface area contributed by atoms with Crippen LogP contribution in [0.2, 0.25) is 5.02 Å². The molecule has 1 saturated heterocycles. The number of hydrogen-bond acceptors (Lipinski definition) is 4. The Hall–Kier alpha value is -4.19. The Morgan fingerprint density at radius 2 is 1.79 bits per heavy atom. The first-order valence-electron chi connectivity index (χ1n) is 11.0. The van der Waals surface area contributed by atoms with Crippen LogP contribution in [0.25, 0.3) is 0 Å². The van der Waals surface area contributed by atoms with Crippen molar-refractivity contribution in [3.05, 3.63) is 98.6 Å². The second kappa shape index (κ2) is 9.28. The third-order valence-electron chi connectivity index (χ3n) is 6.07. The van der Waals surface area contributed by atoms with E-state index in [-0.39, 0.29) is 45.6 Å². The number of cyclic esters (lactones) is 1. The summed E-state index contributed by atoms with van der Waals surface area (Å²) >= 11 is 6.25. The molecule has 0 aromatic heterocycles. The van der Waals surface area contributed by atoms with Crippen LogP contribution in [0.5, 0.6) is 0 Å². The molecule has 38 heavy (non-hydrogen) atoms. The summed E-state index contributed by atoms with van der Waals surface area (Å²) in [6, 6.07) is 6.57. The van der Waals surface area contributed by atoms with Crippen LogP contribution >= 0.6 is 11.6 Å². The number of nitrogens with one attached hydrogen (secondary N) is 3. The number of halogens is 6. The largest absolute Gasteiger partial charge is 0.439 e. The lowest BCUT2D eigenvalue weighted by Gasteiger charge is -2.20. The molecule has 196 valence electrons. The molecule has 3 amide bonds. The van der Waals surface area contributed by atoms with Gasteiger partial charge in [0.15, 0.2) is 0 Å². The molecule has 3 aromatic rings. The number of alkyl halides is 3. The van der Waals surface area contributed by atoms with Crippen molar-refractivity contribution in [1.82, 2.24) is 10.6 Å². The minimum absolute atomic E-state index is 0.0290. The second-order valence-corrected chi connectivity index (χ2v) is 8.96. The van der Waals surface area contributed by atoms with E-state index < -0.39 is 59.0 Å². The molecule has 2 unspecified atom stereocenters. The van der Waals surface area contributed by atoms with Crippen molar-refractivity contribution in [2.75, 3.05) is 11.9 Å². The van der Waals surface area contributed by atoms with Crippen molar-refractivity contribution in [2.45, 2.75) is 18.3 Å². The average Bonchev–Trinajstić information content (AvgIpc) is 3.43. The number of carbonyl (C=O) groups is 3. The highest BCUT2D eigenvalue weighted by Gasteiger charge is 2.37. The van der Waals surface area contributed by atoms with Crippen molar-refractivity contribution in [3.8, 4) is 0 Å². The predicted molar refractivity (Wildman–Crippen MR) is 124 cm³/mol. The van der Waals surface area contributed by atoms with Gasteiger partial charge in [0.2, 0.25) is 0 Å². The van der Waals surface area contributed by atoms with Crippen molar-refractivity contribution >= 4 is 35.2 Å². The van der Waals surface area contributed by atoms with Crippen molar-refractivity contribution in [1.29, 1.82) is 0 Å². The first-order chi connectivity index (χ1) is 17.9. The number of hydrogen-bond donors (Lipinski definition) is 3. The van der Waals surface area contributed by atoms with E-state index in [9.17, 15) is 36.3 Å². The van der Waals surface area contributed by atoms with Crippen LogP contribution in [0.15, 0.2) is 48.5 Å². The van der Waals surface area contributed by atoms with Crippen LogP contribution in [0.4, 0.5) is 32.4 Å². The molecule has 0 radical (unpaired) electrons. The maximum absolute atomic E-state index is 14.1. The van der Waals surface area contributed by atoms with Gasteiger partial charge in [0, 0.05) is 33.0 Å². The third kappa shape index (κ3) is 4.74. The Kier molecular flexibility index (Phi) is 6.22. The monoisotopic (exact) mass is 551 g/mol. The van der Waals surface area contributed by atoms with E-state index in [2.05, 4.69) is 16.0 Å². The number of benzene rings is 3. The lowest BCUT2D eigenvalue weighted by molar-refractivity contribution is -0.137. The van der Waals surface area contributed by atoms with Crippen LogP contribution in [-0.4, -0.2) is 24.5 Å². The van der Waals surface area contributed by atoms with E-state index in [0.717, 1.165) is 12.1 Å². The van der Waals surface area contributed by atoms with E-state index in [1.807, 2.05) is 0 Å². The minimum Gasteiger partial charge on any atom is -0.439 e. The molecule has 3 aromatic carbocycles. The van der Waals surface area contributed by atoms with Crippen LogP contribution in [-0.2, 0) is 10.9 Å². The SMILES string of the molecule is O=C1NCC(c2cc(NC(=O)c3cc(F)cc(C(F)(F)F)c3)c3c(c2)C(=O)NC3c2cc(F)ccc2Cl)O1. The molecule has 2 heterocycles. The molecule has 2 atom stereocenters. The van der Waals surface area contributed by atoms with Gasteiger partial charge in [0.05, 0.1) is 18.2 Å². The van der Waals surface area contributed by atoms with Crippen molar-refractivity contribution in [3.63, 3.8) is 0 Å². The zero-order chi connectivity index (χ0) is 27.4. The first-order valence-corrected chi connectivity index (χ1v) is 11.4. The summed E-state index contributed by atoms with van der Waals surface area (Å²) in [5, 5.41) is 7.63. The van der Waals surface area contributed by atoms with E-state index in [0.29, 0.717) is 12.1 Å². The summed E-state index contributed by atoms with van der Waals surface area (Å²) in [7, 11) is 0. The van der Waals surface area contributed by atoms with E-state index in [1.54, 1.807) is 0 Å². The Bertz CT molecular complexity index is 1510. The molecule has 13 heteroatoms. The van der Waals surface area contributed by atoms with Crippen LogP contribution in [0, 0.1) is 11.6 Å². The number of rotatable bonds is 4. The summed E-state index contributed by atoms with van der Waals surface area (Å²) in [6.07, 6.45) is -6.47. The maximum atomic E-state index is 14.1. The van der Waals surface area contributed by atoms with Gasteiger partial charge in [-0.1, -0.05) is 11.6 Å². The fourth-order valence-corrected chi connectivity index (χ4v) is 4.59. The standard InChI is InChI=1S/C25H15ClF5N3O4/c26-17-2-1-13(27)8-15(17)21-20-16(23(36)34-21)5-10(19-9-32-24(37)38-19)6-18(20)33-22(35)11-3-12(25(29,30)31)7-14(28)4-11/h1-8,19,21H,9H2,(H,32,37)(H,33,35)(H,34,36). The zero-order valence-electron chi connectivity index (χ0n) is 18.9. The number of anilines is 1. The summed E-state index contributed by atoms with van der Waals surface area (Å²) in [6.45, 7) is 0.0462. The lowest BCUT2D eigenvalue weighted by atomic mass is 9.93. The molecule has 7 nitrogen and oxygen atoms in total. The van der Waals surface area contributed by atoms with Gasteiger partial charge >= 0.3 is 12.3 Å². The maximum Gasteiger partial charge on any atom is 0.416 e. The third-order valence-corrected chi connectivity index (χ3v) is 6.41. The topological polar surface area (TPSA) is 96.5 Å². The first kappa shape index (κ1) is 25.5. The average molecular weight is 552 g/mol. The Morgan fingerprint density at radius 1 is 1.03 bits per heavy atom. The molecule has 0 aliphatic carbocycles. The van der Waals surface area contributed by atoms with Gasteiger partial charge in [0.25, 0.3) is 11.8 Å². The van der Waals surface area contributed by atoms with Gasteiger partial charge in [-0.05, 0) is 54.1 Å². The number of carbonyl (C=O) groups excluding carboxylic acids is 3. The van der Waals surface area contributed by atoms with Crippen LogP contribution < -0.4 is 16.0 Å². The van der Waals surface area contributed by atoms with E-state index >= 15 is 0 Å².